The van der Waals surface area contributed by atoms with Crippen LogP contribution in [0.1, 0.15) is 11.1 Å². The summed E-state index contributed by atoms with van der Waals surface area (Å²) in [5.41, 5.74) is 4.44. The summed E-state index contributed by atoms with van der Waals surface area (Å²) in [6, 6.07) is 11.2. The molecular weight excluding hydrogens is 234 g/mol. The van der Waals surface area contributed by atoms with Crippen LogP contribution in [-0.4, -0.2) is 6.21 Å². The molecule has 0 aromatic heterocycles. The van der Waals surface area contributed by atoms with Gasteiger partial charge < -0.3 is 0 Å². The van der Waals surface area contributed by atoms with Gasteiger partial charge in [-0.2, -0.15) is 5.10 Å². The van der Waals surface area contributed by atoms with Crippen LogP contribution in [0.15, 0.2) is 47.6 Å². The number of benzene rings is 2. The van der Waals surface area contributed by atoms with Crippen molar-refractivity contribution < 1.29 is 8.78 Å². The third-order valence-corrected chi connectivity index (χ3v) is 2.44. The first-order valence-corrected chi connectivity index (χ1v) is 5.46. The van der Waals surface area contributed by atoms with E-state index in [0.717, 1.165) is 17.5 Å². The molecule has 92 valence electrons. The van der Waals surface area contributed by atoms with Crippen molar-refractivity contribution in [2.24, 2.45) is 5.10 Å². The Morgan fingerprint density at radius 3 is 2.22 bits per heavy atom. The second-order valence-electron chi connectivity index (χ2n) is 3.87. The topological polar surface area (TPSA) is 24.4 Å². The van der Waals surface area contributed by atoms with Crippen molar-refractivity contribution in [3.63, 3.8) is 0 Å². The minimum atomic E-state index is -0.635. The van der Waals surface area contributed by atoms with Crippen LogP contribution in [0.25, 0.3) is 0 Å². The van der Waals surface area contributed by atoms with Gasteiger partial charge in [0, 0.05) is 0 Å². The average Bonchev–Trinajstić information content (AvgIpc) is 2.35. The van der Waals surface area contributed by atoms with E-state index in [1.807, 2.05) is 31.2 Å². The number of anilines is 1. The standard InChI is InChI=1S/C14H12F2N2/c1-10-5-7-11(8-6-10)18-17-9-12-13(15)3-2-4-14(12)16/h2-9,18H,1H3/b17-9-. The third-order valence-electron chi connectivity index (χ3n) is 2.44. The predicted molar refractivity (Wildman–Crippen MR) is 68.8 cm³/mol. The minimum absolute atomic E-state index is 0.155. The van der Waals surface area contributed by atoms with Crippen LogP contribution in [0.4, 0.5) is 14.5 Å². The van der Waals surface area contributed by atoms with E-state index < -0.39 is 11.6 Å². The van der Waals surface area contributed by atoms with Crippen LogP contribution in [-0.2, 0) is 0 Å². The molecule has 0 aliphatic carbocycles. The second kappa shape index (κ2) is 5.40. The molecule has 0 saturated heterocycles. The molecule has 0 unspecified atom stereocenters. The van der Waals surface area contributed by atoms with Crippen LogP contribution in [0.5, 0.6) is 0 Å². The Balaban J connectivity index is 2.10. The molecule has 2 aromatic rings. The molecule has 0 bridgehead atoms. The number of hydrogen-bond acceptors (Lipinski definition) is 2. The predicted octanol–water partition coefficient (Wildman–Crippen LogP) is 3.72. The lowest BCUT2D eigenvalue weighted by atomic mass is 10.2. The lowest BCUT2D eigenvalue weighted by Crippen LogP contribution is -1.96. The highest BCUT2D eigenvalue weighted by Gasteiger charge is 2.04. The van der Waals surface area contributed by atoms with Gasteiger partial charge in [0.25, 0.3) is 0 Å². The summed E-state index contributed by atoms with van der Waals surface area (Å²) in [5.74, 6) is -1.27. The summed E-state index contributed by atoms with van der Waals surface area (Å²) >= 11 is 0. The molecule has 18 heavy (non-hydrogen) atoms. The minimum Gasteiger partial charge on any atom is -0.279 e. The quantitative estimate of drug-likeness (QED) is 0.647. The van der Waals surface area contributed by atoms with E-state index in [9.17, 15) is 8.78 Å². The van der Waals surface area contributed by atoms with Crippen LogP contribution < -0.4 is 5.43 Å². The first-order valence-electron chi connectivity index (χ1n) is 5.46. The first kappa shape index (κ1) is 12.2. The van der Waals surface area contributed by atoms with Crippen LogP contribution in [0.3, 0.4) is 0 Å². The van der Waals surface area contributed by atoms with Crippen molar-refractivity contribution in [2.45, 2.75) is 6.92 Å². The van der Waals surface area contributed by atoms with E-state index in [1.54, 1.807) is 0 Å². The number of aryl methyl sites for hydroxylation is 1. The Labute approximate surface area is 104 Å². The smallest absolute Gasteiger partial charge is 0.134 e. The number of nitrogens with zero attached hydrogens (tertiary/aromatic N) is 1. The SMILES string of the molecule is Cc1ccc(N/N=C\c2c(F)cccc2F)cc1. The molecular formula is C14H12F2N2. The molecule has 4 heteroatoms. The van der Waals surface area contributed by atoms with Gasteiger partial charge in [0.2, 0.25) is 0 Å². The second-order valence-corrected chi connectivity index (χ2v) is 3.87. The normalized spacial score (nSPS) is 10.8. The van der Waals surface area contributed by atoms with Gasteiger partial charge in [-0.15, -0.1) is 0 Å². The Kier molecular flexibility index (Phi) is 3.67. The van der Waals surface area contributed by atoms with E-state index >= 15 is 0 Å². The van der Waals surface area contributed by atoms with Gasteiger partial charge in [0.15, 0.2) is 0 Å². The van der Waals surface area contributed by atoms with Crippen LogP contribution >= 0.6 is 0 Å². The van der Waals surface area contributed by atoms with E-state index in [1.165, 1.54) is 18.2 Å². The van der Waals surface area contributed by atoms with Gasteiger partial charge in [0.05, 0.1) is 17.5 Å². The summed E-state index contributed by atoms with van der Waals surface area (Å²) in [6.07, 6.45) is 1.13. The summed E-state index contributed by atoms with van der Waals surface area (Å²) < 4.78 is 26.5. The number of hydrazone groups is 1. The van der Waals surface area contributed by atoms with E-state index in [-0.39, 0.29) is 5.56 Å². The molecule has 0 saturated carbocycles. The number of rotatable bonds is 3. The molecule has 2 aromatic carbocycles. The van der Waals surface area contributed by atoms with Crippen molar-refractivity contribution in [3.05, 3.63) is 65.2 Å². The maximum atomic E-state index is 13.3. The summed E-state index contributed by atoms with van der Waals surface area (Å²) in [7, 11) is 0. The van der Waals surface area contributed by atoms with Crippen molar-refractivity contribution in [1.82, 2.24) is 0 Å². The lowest BCUT2D eigenvalue weighted by Gasteiger charge is -2.01. The number of halogens is 2. The zero-order valence-electron chi connectivity index (χ0n) is 9.82. The fraction of sp³-hybridized carbons (Fsp3) is 0.0714. The van der Waals surface area contributed by atoms with Gasteiger partial charge in [-0.3, -0.25) is 5.43 Å². The third kappa shape index (κ3) is 2.91. The highest BCUT2D eigenvalue weighted by Crippen LogP contribution is 2.11. The molecule has 0 amide bonds. The summed E-state index contributed by atoms with van der Waals surface area (Å²) in [4.78, 5) is 0. The van der Waals surface area contributed by atoms with Crippen molar-refractivity contribution in [1.29, 1.82) is 0 Å². The largest absolute Gasteiger partial charge is 0.279 e. The van der Waals surface area contributed by atoms with Gasteiger partial charge in [-0.25, -0.2) is 8.78 Å². The van der Waals surface area contributed by atoms with Gasteiger partial charge in [-0.1, -0.05) is 23.8 Å². The monoisotopic (exact) mass is 246 g/mol. The molecule has 0 spiro atoms. The van der Waals surface area contributed by atoms with Gasteiger partial charge in [0.1, 0.15) is 11.6 Å². The molecule has 0 aliphatic heterocycles. The number of nitrogens with one attached hydrogen (secondary N) is 1. The molecule has 2 rings (SSSR count). The van der Waals surface area contributed by atoms with E-state index in [2.05, 4.69) is 10.5 Å². The van der Waals surface area contributed by atoms with Crippen molar-refractivity contribution in [3.8, 4) is 0 Å². The van der Waals surface area contributed by atoms with Gasteiger partial charge in [-0.05, 0) is 31.2 Å². The van der Waals surface area contributed by atoms with Crippen molar-refractivity contribution in [2.75, 3.05) is 5.43 Å². The average molecular weight is 246 g/mol. The van der Waals surface area contributed by atoms with Crippen LogP contribution in [0, 0.1) is 18.6 Å². The van der Waals surface area contributed by atoms with Crippen molar-refractivity contribution >= 4 is 11.9 Å². The van der Waals surface area contributed by atoms with Crippen LogP contribution in [0.2, 0.25) is 0 Å². The maximum absolute atomic E-state index is 13.3. The summed E-state index contributed by atoms with van der Waals surface area (Å²) in [6.45, 7) is 1.97. The fourth-order valence-corrected chi connectivity index (χ4v) is 1.43. The fourth-order valence-electron chi connectivity index (χ4n) is 1.43. The highest BCUT2D eigenvalue weighted by atomic mass is 19.1. The molecule has 0 radical (unpaired) electrons. The molecule has 2 nitrogen and oxygen atoms in total. The Hall–Kier alpha value is -2.23. The lowest BCUT2D eigenvalue weighted by molar-refractivity contribution is 0.580. The Bertz CT molecular complexity index is 542. The number of hydrogen-bond donors (Lipinski definition) is 1. The molecule has 0 aliphatic rings. The molecule has 0 atom stereocenters. The Morgan fingerprint density at radius 2 is 1.61 bits per heavy atom. The maximum Gasteiger partial charge on any atom is 0.134 e. The summed E-state index contributed by atoms with van der Waals surface area (Å²) in [5, 5.41) is 3.81. The Morgan fingerprint density at radius 1 is 1.00 bits per heavy atom. The van der Waals surface area contributed by atoms with E-state index in [4.69, 9.17) is 0 Å². The van der Waals surface area contributed by atoms with E-state index in [0.29, 0.717) is 0 Å². The highest BCUT2D eigenvalue weighted by molar-refractivity contribution is 5.80. The van der Waals surface area contributed by atoms with Gasteiger partial charge >= 0.3 is 0 Å². The first-order chi connectivity index (χ1) is 8.66. The molecule has 0 heterocycles. The zero-order chi connectivity index (χ0) is 13.0. The molecule has 1 N–H and O–H groups in total. The zero-order valence-corrected chi connectivity index (χ0v) is 9.82. The molecule has 0 fully saturated rings.